The van der Waals surface area contributed by atoms with E-state index in [0.717, 1.165) is 25.7 Å². The van der Waals surface area contributed by atoms with Crippen molar-refractivity contribution in [3.8, 4) is 0 Å². The fraction of sp³-hybridized carbons (Fsp3) is 0.435. The number of carbonyl (C=O) groups excluding carboxylic acids is 1. The van der Waals surface area contributed by atoms with Gasteiger partial charge in [-0.15, -0.1) is 0 Å². The maximum Gasteiger partial charge on any atom is 0.305 e. The number of rotatable bonds is 14. The molecule has 1 atom stereocenters. The van der Waals surface area contributed by atoms with Crippen molar-refractivity contribution in [1.29, 1.82) is 0 Å². The van der Waals surface area contributed by atoms with Gasteiger partial charge in [0.05, 0.1) is 13.2 Å². The van der Waals surface area contributed by atoms with Gasteiger partial charge >= 0.3 is 5.97 Å². The Bertz CT molecular complexity index is 508. The third-order valence-electron chi connectivity index (χ3n) is 3.42. The zero-order valence-corrected chi connectivity index (χ0v) is 16.2. The fourth-order valence-electron chi connectivity index (χ4n) is 1.97. The van der Waals surface area contributed by atoms with Crippen LogP contribution in [0.5, 0.6) is 0 Å². The fourth-order valence-corrected chi connectivity index (χ4v) is 1.97. The van der Waals surface area contributed by atoms with E-state index >= 15 is 0 Å². The average molecular weight is 359 g/mol. The molecule has 0 spiro atoms. The van der Waals surface area contributed by atoms with E-state index in [4.69, 9.17) is 0 Å². The van der Waals surface area contributed by atoms with Crippen LogP contribution in [0.4, 0.5) is 0 Å². The van der Waals surface area contributed by atoms with Crippen LogP contribution in [0.2, 0.25) is 0 Å². The lowest BCUT2D eigenvalue weighted by Crippen LogP contribution is -1.98. The van der Waals surface area contributed by atoms with Gasteiger partial charge in [-0.25, -0.2) is 0 Å². The normalized spacial score (nSPS) is 14.1. The highest BCUT2D eigenvalue weighted by atomic mass is 16.5. The summed E-state index contributed by atoms with van der Waals surface area (Å²) in [6.45, 7) is 2.13. The first-order chi connectivity index (χ1) is 12.7. The van der Waals surface area contributed by atoms with Gasteiger partial charge < -0.3 is 9.84 Å². The van der Waals surface area contributed by atoms with Crippen molar-refractivity contribution in [3.05, 3.63) is 72.9 Å². The van der Waals surface area contributed by atoms with Crippen LogP contribution in [0.25, 0.3) is 0 Å². The first-order valence-electron chi connectivity index (χ1n) is 9.38. The number of hydrogen-bond donors (Lipinski definition) is 1. The smallest absolute Gasteiger partial charge is 0.305 e. The van der Waals surface area contributed by atoms with Gasteiger partial charge in [-0.05, 0) is 38.5 Å². The number of carbonyl (C=O) groups is 1. The van der Waals surface area contributed by atoms with Crippen LogP contribution in [0.1, 0.15) is 51.9 Å². The molecule has 0 aliphatic rings. The molecule has 0 unspecified atom stereocenters. The highest BCUT2D eigenvalue weighted by Gasteiger charge is 1.95. The summed E-state index contributed by atoms with van der Waals surface area (Å²) >= 11 is 0. The van der Waals surface area contributed by atoms with Crippen molar-refractivity contribution in [2.75, 3.05) is 7.11 Å². The second kappa shape index (κ2) is 19.2. The molecular formula is C23H34O3. The summed E-state index contributed by atoms with van der Waals surface area (Å²) in [5.74, 6) is -0.186. The number of allylic oxidation sites excluding steroid dienone is 10. The van der Waals surface area contributed by atoms with E-state index < -0.39 is 6.10 Å². The van der Waals surface area contributed by atoms with Crippen molar-refractivity contribution >= 4 is 5.97 Å². The van der Waals surface area contributed by atoms with Gasteiger partial charge in [0.25, 0.3) is 0 Å². The first kappa shape index (κ1) is 23.9. The third kappa shape index (κ3) is 18.2. The molecule has 0 saturated carbocycles. The zero-order chi connectivity index (χ0) is 19.3. The maximum atomic E-state index is 10.9. The Morgan fingerprint density at radius 2 is 1.50 bits per heavy atom. The largest absolute Gasteiger partial charge is 0.469 e. The molecule has 0 radical (unpaired) electrons. The van der Waals surface area contributed by atoms with Crippen LogP contribution in [-0.4, -0.2) is 24.3 Å². The molecule has 3 heteroatoms. The average Bonchev–Trinajstić information content (AvgIpc) is 2.65. The molecule has 0 aliphatic carbocycles. The Balaban J connectivity index is 3.73. The summed E-state index contributed by atoms with van der Waals surface area (Å²) in [6.07, 6.45) is 29.3. The molecule has 3 nitrogen and oxygen atoms in total. The van der Waals surface area contributed by atoms with Crippen molar-refractivity contribution < 1.29 is 14.6 Å². The lowest BCUT2D eigenvalue weighted by Gasteiger charge is -1.98. The van der Waals surface area contributed by atoms with E-state index in [1.807, 2.05) is 36.5 Å². The highest BCUT2D eigenvalue weighted by Crippen LogP contribution is 2.00. The molecule has 26 heavy (non-hydrogen) atoms. The Labute approximate surface area is 159 Å². The van der Waals surface area contributed by atoms with E-state index in [-0.39, 0.29) is 5.97 Å². The number of ether oxygens (including phenoxy) is 1. The minimum absolute atomic E-state index is 0.186. The topological polar surface area (TPSA) is 46.5 Å². The zero-order valence-electron chi connectivity index (χ0n) is 16.2. The van der Waals surface area contributed by atoms with Crippen LogP contribution in [-0.2, 0) is 9.53 Å². The van der Waals surface area contributed by atoms with Crippen LogP contribution in [0.15, 0.2) is 72.9 Å². The van der Waals surface area contributed by atoms with Gasteiger partial charge in [0.2, 0.25) is 0 Å². The number of methoxy groups -OCH3 is 1. The lowest BCUT2D eigenvalue weighted by molar-refractivity contribution is -0.140. The quantitative estimate of drug-likeness (QED) is 0.249. The summed E-state index contributed by atoms with van der Waals surface area (Å²) in [5.41, 5.74) is 0. The summed E-state index contributed by atoms with van der Waals surface area (Å²) in [5, 5.41) is 9.84. The Morgan fingerprint density at radius 1 is 0.885 bits per heavy atom. The highest BCUT2D eigenvalue weighted by molar-refractivity contribution is 5.69. The monoisotopic (exact) mass is 358 g/mol. The molecular weight excluding hydrogens is 324 g/mol. The van der Waals surface area contributed by atoms with E-state index in [2.05, 4.69) is 42.0 Å². The number of aliphatic hydroxyl groups is 1. The molecule has 0 aromatic heterocycles. The molecule has 0 amide bonds. The maximum absolute atomic E-state index is 10.9. The van der Waals surface area contributed by atoms with E-state index in [9.17, 15) is 9.90 Å². The Morgan fingerprint density at radius 3 is 2.19 bits per heavy atom. The number of hydrogen-bond acceptors (Lipinski definition) is 3. The summed E-state index contributed by atoms with van der Waals surface area (Å²) < 4.78 is 4.57. The molecule has 0 bridgehead atoms. The minimum Gasteiger partial charge on any atom is -0.469 e. The van der Waals surface area contributed by atoms with Gasteiger partial charge in [0.15, 0.2) is 0 Å². The predicted octanol–water partition coefficient (Wildman–Crippen LogP) is 5.61. The van der Waals surface area contributed by atoms with Gasteiger partial charge in [0, 0.05) is 6.42 Å². The molecule has 0 aromatic carbocycles. The van der Waals surface area contributed by atoms with Crippen LogP contribution in [0.3, 0.4) is 0 Å². The van der Waals surface area contributed by atoms with Gasteiger partial charge in [-0.2, -0.15) is 0 Å². The summed E-state index contributed by atoms with van der Waals surface area (Å²) in [6, 6.07) is 0. The van der Waals surface area contributed by atoms with Crippen molar-refractivity contribution in [3.63, 3.8) is 0 Å². The van der Waals surface area contributed by atoms with Gasteiger partial charge in [-0.1, -0.05) is 79.8 Å². The van der Waals surface area contributed by atoms with Crippen molar-refractivity contribution in [2.24, 2.45) is 0 Å². The summed E-state index contributed by atoms with van der Waals surface area (Å²) in [7, 11) is 1.40. The first-order valence-corrected chi connectivity index (χ1v) is 9.38. The van der Waals surface area contributed by atoms with Crippen molar-refractivity contribution in [2.45, 2.75) is 58.0 Å². The van der Waals surface area contributed by atoms with Crippen LogP contribution < -0.4 is 0 Å². The standard InChI is InChI=1S/C23H34O3/c1-3-4-5-6-7-8-9-10-13-16-19-22(24)20-17-14-11-12-15-18-21-23(25)26-2/h4-5,7-8,10,12-17,19,22,24H,3,6,9,11,18,20-21H2,1-2H3/b5-4-,8-7-,13-10-,15-12-,17-14-,19-16+/t22-/m1/s1. The van der Waals surface area contributed by atoms with Gasteiger partial charge in [0.1, 0.15) is 0 Å². The Hall–Kier alpha value is -2.13. The third-order valence-corrected chi connectivity index (χ3v) is 3.42. The van der Waals surface area contributed by atoms with Crippen molar-refractivity contribution in [1.82, 2.24) is 0 Å². The SMILES string of the molecule is CC/C=C\C/C=C\C/C=C\C=C\[C@@H](O)C/C=C\C/C=C\CCC(=O)OC. The summed E-state index contributed by atoms with van der Waals surface area (Å²) in [4.78, 5) is 10.9. The minimum atomic E-state index is -0.464. The molecule has 0 fully saturated rings. The number of esters is 1. The van der Waals surface area contributed by atoms with E-state index in [0.29, 0.717) is 19.3 Å². The lowest BCUT2D eigenvalue weighted by atomic mass is 10.2. The predicted molar refractivity (Wildman–Crippen MR) is 111 cm³/mol. The Kier molecular flexibility index (Phi) is 17.6. The molecule has 0 heterocycles. The molecule has 144 valence electrons. The molecule has 1 N–H and O–H groups in total. The second-order valence-electron chi connectivity index (χ2n) is 5.73. The number of aliphatic hydroxyl groups excluding tert-OH is 1. The van der Waals surface area contributed by atoms with E-state index in [1.54, 1.807) is 6.08 Å². The molecule has 0 saturated heterocycles. The van der Waals surface area contributed by atoms with Crippen LogP contribution in [0, 0.1) is 0 Å². The van der Waals surface area contributed by atoms with Gasteiger partial charge in [-0.3, -0.25) is 4.79 Å². The second-order valence-corrected chi connectivity index (χ2v) is 5.73. The van der Waals surface area contributed by atoms with Crippen LogP contribution >= 0.6 is 0 Å². The molecule has 0 aromatic rings. The van der Waals surface area contributed by atoms with E-state index in [1.165, 1.54) is 7.11 Å². The molecule has 0 rings (SSSR count). The molecule has 0 aliphatic heterocycles.